The van der Waals surface area contributed by atoms with Gasteiger partial charge in [-0.15, -0.1) is 0 Å². The minimum absolute atomic E-state index is 0.543. The molecule has 1 saturated heterocycles. The smallest absolute Gasteiger partial charge is 0.0991 e. The lowest BCUT2D eigenvalue weighted by molar-refractivity contribution is 0.579. The fourth-order valence-electron chi connectivity index (χ4n) is 2.40. The molecule has 1 aromatic carbocycles. The second-order valence-electron chi connectivity index (χ2n) is 4.50. The molecular formula is C13H17N3. The highest BCUT2D eigenvalue weighted by molar-refractivity contribution is 5.51. The highest BCUT2D eigenvalue weighted by Gasteiger charge is 2.27. The molecule has 1 heterocycles. The van der Waals surface area contributed by atoms with Crippen LogP contribution in [0.3, 0.4) is 0 Å². The van der Waals surface area contributed by atoms with E-state index in [1.807, 2.05) is 24.3 Å². The van der Waals surface area contributed by atoms with E-state index in [0.717, 1.165) is 19.5 Å². The number of rotatable bonds is 2. The molecule has 0 aliphatic carbocycles. The summed E-state index contributed by atoms with van der Waals surface area (Å²) in [6, 6.07) is 10.5. The van der Waals surface area contributed by atoms with E-state index >= 15 is 0 Å². The van der Waals surface area contributed by atoms with Crippen molar-refractivity contribution in [2.75, 3.05) is 18.0 Å². The summed E-state index contributed by atoms with van der Waals surface area (Å²) in [7, 11) is 0. The first-order chi connectivity index (χ1) is 7.74. The van der Waals surface area contributed by atoms with Crippen molar-refractivity contribution in [1.82, 2.24) is 0 Å². The Labute approximate surface area is 96.5 Å². The highest BCUT2D eigenvalue weighted by Crippen LogP contribution is 2.28. The Balaban J connectivity index is 2.15. The first-order valence-electron chi connectivity index (χ1n) is 5.71. The lowest BCUT2D eigenvalue weighted by atomic mass is 10.1. The average molecular weight is 215 g/mol. The number of hydrogen-bond acceptors (Lipinski definition) is 3. The molecular weight excluding hydrogens is 198 g/mol. The van der Waals surface area contributed by atoms with Gasteiger partial charge in [-0.25, -0.2) is 0 Å². The molecule has 1 aromatic rings. The van der Waals surface area contributed by atoms with Gasteiger partial charge in [0, 0.05) is 18.3 Å². The predicted octanol–water partition coefficient (Wildman–Crippen LogP) is 1.73. The molecule has 2 unspecified atom stereocenters. The molecule has 3 nitrogen and oxygen atoms in total. The standard InChI is InChI=1S/C13H17N3/c1-10-6-12(8-15)9-16(10)13-4-2-11(7-14)3-5-13/h2-5,10,12H,6,8-9,15H2,1H3. The van der Waals surface area contributed by atoms with Gasteiger partial charge in [0.25, 0.3) is 0 Å². The topological polar surface area (TPSA) is 53.0 Å². The maximum Gasteiger partial charge on any atom is 0.0991 e. The van der Waals surface area contributed by atoms with Crippen molar-refractivity contribution in [1.29, 1.82) is 5.26 Å². The number of benzene rings is 1. The molecule has 84 valence electrons. The number of nitriles is 1. The Morgan fingerprint density at radius 2 is 2.12 bits per heavy atom. The van der Waals surface area contributed by atoms with Gasteiger partial charge in [0.2, 0.25) is 0 Å². The van der Waals surface area contributed by atoms with Gasteiger partial charge in [-0.2, -0.15) is 5.26 Å². The molecule has 2 N–H and O–H groups in total. The highest BCUT2D eigenvalue weighted by atomic mass is 15.2. The van der Waals surface area contributed by atoms with Gasteiger partial charge in [0.15, 0.2) is 0 Å². The fourth-order valence-corrected chi connectivity index (χ4v) is 2.40. The molecule has 1 aliphatic heterocycles. The molecule has 0 amide bonds. The van der Waals surface area contributed by atoms with Crippen LogP contribution in [0.5, 0.6) is 0 Å². The predicted molar refractivity (Wildman–Crippen MR) is 65.1 cm³/mol. The van der Waals surface area contributed by atoms with E-state index in [2.05, 4.69) is 17.9 Å². The van der Waals surface area contributed by atoms with Crippen LogP contribution in [0.1, 0.15) is 18.9 Å². The second kappa shape index (κ2) is 4.54. The zero-order chi connectivity index (χ0) is 11.5. The third-order valence-corrected chi connectivity index (χ3v) is 3.32. The molecule has 0 bridgehead atoms. The summed E-state index contributed by atoms with van der Waals surface area (Å²) in [6.07, 6.45) is 1.16. The SMILES string of the molecule is CC1CC(CN)CN1c1ccc(C#N)cc1. The summed E-state index contributed by atoms with van der Waals surface area (Å²) in [5.74, 6) is 0.602. The van der Waals surface area contributed by atoms with Crippen molar-refractivity contribution in [2.45, 2.75) is 19.4 Å². The fraction of sp³-hybridized carbons (Fsp3) is 0.462. The van der Waals surface area contributed by atoms with Gasteiger partial charge in [-0.3, -0.25) is 0 Å². The van der Waals surface area contributed by atoms with Crippen LogP contribution in [0.2, 0.25) is 0 Å². The normalized spacial score (nSPS) is 24.4. The summed E-state index contributed by atoms with van der Waals surface area (Å²) in [6.45, 7) is 4.02. The van der Waals surface area contributed by atoms with Gasteiger partial charge < -0.3 is 10.6 Å². The summed E-state index contributed by atoms with van der Waals surface area (Å²) in [5.41, 5.74) is 7.62. The quantitative estimate of drug-likeness (QED) is 0.817. The van der Waals surface area contributed by atoms with Crippen molar-refractivity contribution in [3.63, 3.8) is 0 Å². The van der Waals surface area contributed by atoms with Crippen molar-refractivity contribution in [3.8, 4) is 6.07 Å². The Morgan fingerprint density at radius 3 is 2.62 bits per heavy atom. The van der Waals surface area contributed by atoms with Crippen LogP contribution >= 0.6 is 0 Å². The van der Waals surface area contributed by atoms with Gasteiger partial charge in [0.1, 0.15) is 0 Å². The van der Waals surface area contributed by atoms with Crippen molar-refractivity contribution in [2.24, 2.45) is 11.7 Å². The van der Waals surface area contributed by atoms with E-state index in [-0.39, 0.29) is 0 Å². The van der Waals surface area contributed by atoms with Crippen LogP contribution < -0.4 is 10.6 Å². The molecule has 0 aromatic heterocycles. The average Bonchev–Trinajstić information content (AvgIpc) is 2.71. The molecule has 0 spiro atoms. The Morgan fingerprint density at radius 1 is 1.44 bits per heavy atom. The minimum atomic E-state index is 0.543. The maximum atomic E-state index is 8.75. The van der Waals surface area contributed by atoms with E-state index < -0.39 is 0 Å². The van der Waals surface area contributed by atoms with E-state index in [1.165, 1.54) is 5.69 Å². The molecule has 16 heavy (non-hydrogen) atoms. The maximum absolute atomic E-state index is 8.75. The molecule has 0 radical (unpaired) electrons. The van der Waals surface area contributed by atoms with Crippen LogP contribution in [-0.2, 0) is 0 Å². The largest absolute Gasteiger partial charge is 0.368 e. The van der Waals surface area contributed by atoms with E-state index in [4.69, 9.17) is 11.0 Å². The molecule has 1 fully saturated rings. The van der Waals surface area contributed by atoms with E-state index in [1.54, 1.807) is 0 Å². The van der Waals surface area contributed by atoms with Gasteiger partial charge in [0.05, 0.1) is 11.6 Å². The van der Waals surface area contributed by atoms with E-state index in [9.17, 15) is 0 Å². The van der Waals surface area contributed by atoms with Crippen LogP contribution in [-0.4, -0.2) is 19.1 Å². The van der Waals surface area contributed by atoms with Crippen LogP contribution in [0, 0.1) is 17.2 Å². The molecule has 2 atom stereocenters. The first kappa shape index (κ1) is 11.0. The zero-order valence-electron chi connectivity index (χ0n) is 9.56. The summed E-state index contributed by atoms with van der Waals surface area (Å²) in [5, 5.41) is 8.75. The molecule has 0 saturated carbocycles. The van der Waals surface area contributed by atoms with Gasteiger partial charge in [-0.05, 0) is 50.1 Å². The van der Waals surface area contributed by atoms with Crippen molar-refractivity contribution < 1.29 is 0 Å². The second-order valence-corrected chi connectivity index (χ2v) is 4.50. The first-order valence-corrected chi connectivity index (χ1v) is 5.71. The van der Waals surface area contributed by atoms with Crippen LogP contribution in [0.4, 0.5) is 5.69 Å². The minimum Gasteiger partial charge on any atom is -0.368 e. The Kier molecular flexibility index (Phi) is 3.12. The number of anilines is 1. The molecule has 3 heteroatoms. The lowest BCUT2D eigenvalue weighted by Gasteiger charge is -2.23. The Hall–Kier alpha value is -1.53. The summed E-state index contributed by atoms with van der Waals surface area (Å²) >= 11 is 0. The Bertz CT molecular complexity index is 391. The van der Waals surface area contributed by atoms with E-state index in [0.29, 0.717) is 17.5 Å². The number of nitrogens with two attached hydrogens (primary N) is 1. The van der Waals surface area contributed by atoms with Gasteiger partial charge >= 0.3 is 0 Å². The molecule has 2 rings (SSSR count). The lowest BCUT2D eigenvalue weighted by Crippen LogP contribution is -2.27. The summed E-state index contributed by atoms with van der Waals surface area (Å²) in [4.78, 5) is 2.37. The number of hydrogen-bond donors (Lipinski definition) is 1. The zero-order valence-corrected chi connectivity index (χ0v) is 9.56. The van der Waals surface area contributed by atoms with Gasteiger partial charge in [-0.1, -0.05) is 0 Å². The summed E-state index contributed by atoms with van der Waals surface area (Å²) < 4.78 is 0. The molecule has 1 aliphatic rings. The van der Waals surface area contributed by atoms with Crippen LogP contribution in [0.15, 0.2) is 24.3 Å². The third-order valence-electron chi connectivity index (χ3n) is 3.32. The van der Waals surface area contributed by atoms with Crippen molar-refractivity contribution in [3.05, 3.63) is 29.8 Å². The monoisotopic (exact) mass is 215 g/mol. The third kappa shape index (κ3) is 2.02. The van der Waals surface area contributed by atoms with Crippen molar-refractivity contribution >= 4 is 5.69 Å². The number of nitrogens with zero attached hydrogens (tertiary/aromatic N) is 2. The van der Waals surface area contributed by atoms with Crippen LogP contribution in [0.25, 0.3) is 0 Å².